The van der Waals surface area contributed by atoms with Gasteiger partial charge in [-0.15, -0.1) is 0 Å². The normalized spacial score (nSPS) is 37.0. The van der Waals surface area contributed by atoms with E-state index < -0.39 is 0 Å². The van der Waals surface area contributed by atoms with Gasteiger partial charge in [-0.1, -0.05) is 12.2 Å². The molecule has 96 valence electrons. The van der Waals surface area contributed by atoms with Crippen molar-refractivity contribution in [3.63, 3.8) is 0 Å². The molecule has 1 spiro atoms. The Morgan fingerprint density at radius 1 is 1.24 bits per heavy atom. The van der Waals surface area contributed by atoms with Gasteiger partial charge >= 0.3 is 0 Å². The molecule has 3 rings (SSSR count). The summed E-state index contributed by atoms with van der Waals surface area (Å²) in [5.41, 5.74) is 0. The minimum atomic E-state index is -0.277. The summed E-state index contributed by atoms with van der Waals surface area (Å²) < 4.78 is 11.7. The molecule has 0 radical (unpaired) electrons. The fourth-order valence-corrected chi connectivity index (χ4v) is 3.38. The Bertz CT molecular complexity index is 290. The Hall–Kier alpha value is -0.420. The summed E-state index contributed by atoms with van der Waals surface area (Å²) in [6, 6.07) is 1.09. The van der Waals surface area contributed by atoms with Gasteiger partial charge in [-0.3, -0.25) is 4.90 Å². The van der Waals surface area contributed by atoms with Crippen molar-refractivity contribution in [3.8, 4) is 0 Å². The highest BCUT2D eigenvalue weighted by Crippen LogP contribution is 2.38. The van der Waals surface area contributed by atoms with Gasteiger partial charge in [-0.05, 0) is 13.5 Å². The van der Waals surface area contributed by atoms with Gasteiger partial charge in [0.05, 0.1) is 13.2 Å². The first-order chi connectivity index (χ1) is 8.33. The first kappa shape index (κ1) is 11.7. The third-order valence-electron chi connectivity index (χ3n) is 4.32. The number of nitrogens with zero attached hydrogens (tertiary/aromatic N) is 1. The Morgan fingerprint density at radius 3 is 2.59 bits per heavy atom. The van der Waals surface area contributed by atoms with Crippen LogP contribution in [0.1, 0.15) is 19.3 Å². The van der Waals surface area contributed by atoms with Crippen LogP contribution in [0.3, 0.4) is 0 Å². The summed E-state index contributed by atoms with van der Waals surface area (Å²) in [6.45, 7) is 3.65. The average Bonchev–Trinajstić information content (AvgIpc) is 3.00. The van der Waals surface area contributed by atoms with Crippen molar-refractivity contribution >= 4 is 0 Å². The van der Waals surface area contributed by atoms with Crippen LogP contribution in [0.15, 0.2) is 12.2 Å². The number of hydrogen-bond acceptors (Lipinski definition) is 4. The van der Waals surface area contributed by atoms with Crippen molar-refractivity contribution in [1.29, 1.82) is 0 Å². The standard InChI is InChI=1S/C13H22N2O2/c1-14-11-4-5-13(16-8-9-17-13)10-12(11)15-6-2-3-7-15/h2-3,11-12,14H,4-10H2,1H3. The summed E-state index contributed by atoms with van der Waals surface area (Å²) in [5.74, 6) is -0.277. The van der Waals surface area contributed by atoms with E-state index in [1.54, 1.807) is 0 Å². The van der Waals surface area contributed by atoms with Crippen LogP contribution in [0.25, 0.3) is 0 Å². The number of hydrogen-bond donors (Lipinski definition) is 1. The SMILES string of the molecule is CNC1CCC2(CC1N1CC=CC1)OCCO2. The molecule has 17 heavy (non-hydrogen) atoms. The van der Waals surface area contributed by atoms with Crippen molar-refractivity contribution in [2.45, 2.75) is 37.1 Å². The lowest BCUT2D eigenvalue weighted by Crippen LogP contribution is -2.56. The number of likely N-dealkylation sites (N-methyl/N-ethyl adjacent to an activating group) is 1. The van der Waals surface area contributed by atoms with Crippen molar-refractivity contribution in [3.05, 3.63) is 12.2 Å². The highest BCUT2D eigenvalue weighted by atomic mass is 16.7. The molecule has 4 heteroatoms. The van der Waals surface area contributed by atoms with Gasteiger partial charge in [0.2, 0.25) is 0 Å². The predicted octanol–water partition coefficient (Wildman–Crippen LogP) is 0.742. The fourth-order valence-electron chi connectivity index (χ4n) is 3.38. The van der Waals surface area contributed by atoms with Gasteiger partial charge in [0.15, 0.2) is 5.79 Å². The maximum absolute atomic E-state index is 5.87. The van der Waals surface area contributed by atoms with E-state index in [4.69, 9.17) is 9.47 Å². The molecule has 0 aromatic heterocycles. The van der Waals surface area contributed by atoms with Crippen LogP contribution < -0.4 is 5.32 Å². The van der Waals surface area contributed by atoms with Crippen LogP contribution in [0.2, 0.25) is 0 Å². The third-order valence-corrected chi connectivity index (χ3v) is 4.32. The van der Waals surface area contributed by atoms with E-state index in [-0.39, 0.29) is 5.79 Å². The van der Waals surface area contributed by atoms with Gasteiger partial charge in [0.1, 0.15) is 0 Å². The lowest BCUT2D eigenvalue weighted by molar-refractivity contribution is -0.192. The maximum atomic E-state index is 5.87. The summed E-state index contributed by atoms with van der Waals surface area (Å²) >= 11 is 0. The van der Waals surface area contributed by atoms with E-state index in [2.05, 4.69) is 29.4 Å². The third kappa shape index (κ3) is 2.15. The topological polar surface area (TPSA) is 33.7 Å². The van der Waals surface area contributed by atoms with E-state index in [0.717, 1.165) is 45.6 Å². The molecule has 0 aromatic carbocycles. The Balaban J connectivity index is 1.72. The minimum Gasteiger partial charge on any atom is -0.347 e. The zero-order chi connectivity index (χ0) is 11.7. The molecule has 4 nitrogen and oxygen atoms in total. The molecule has 1 saturated heterocycles. The molecular formula is C13H22N2O2. The van der Waals surface area contributed by atoms with Gasteiger partial charge in [0.25, 0.3) is 0 Å². The summed E-state index contributed by atoms with van der Waals surface area (Å²) in [7, 11) is 2.07. The monoisotopic (exact) mass is 238 g/mol. The van der Waals surface area contributed by atoms with Crippen LogP contribution in [0.5, 0.6) is 0 Å². The second-order valence-electron chi connectivity index (χ2n) is 5.24. The molecule has 2 fully saturated rings. The van der Waals surface area contributed by atoms with Crippen LogP contribution in [0.4, 0.5) is 0 Å². The summed E-state index contributed by atoms with van der Waals surface area (Å²) in [6.07, 6.45) is 7.67. The Morgan fingerprint density at radius 2 is 1.94 bits per heavy atom. The van der Waals surface area contributed by atoms with E-state index in [1.807, 2.05) is 0 Å². The van der Waals surface area contributed by atoms with Gasteiger partial charge in [0, 0.05) is 38.0 Å². The van der Waals surface area contributed by atoms with Gasteiger partial charge < -0.3 is 14.8 Å². The molecule has 2 unspecified atom stereocenters. The lowest BCUT2D eigenvalue weighted by Gasteiger charge is -2.44. The quantitative estimate of drug-likeness (QED) is 0.720. The highest BCUT2D eigenvalue weighted by Gasteiger charge is 2.46. The number of nitrogens with one attached hydrogen (secondary N) is 1. The first-order valence-electron chi connectivity index (χ1n) is 6.67. The molecule has 0 bridgehead atoms. The smallest absolute Gasteiger partial charge is 0.170 e. The van der Waals surface area contributed by atoms with E-state index in [9.17, 15) is 0 Å². The average molecular weight is 238 g/mol. The summed E-state index contributed by atoms with van der Waals surface area (Å²) in [5, 5.41) is 3.46. The van der Waals surface area contributed by atoms with Gasteiger partial charge in [-0.25, -0.2) is 0 Å². The zero-order valence-corrected chi connectivity index (χ0v) is 10.5. The van der Waals surface area contributed by atoms with Crippen molar-refractivity contribution in [2.24, 2.45) is 0 Å². The molecule has 0 amide bonds. The molecule has 1 N–H and O–H groups in total. The molecule has 2 aliphatic heterocycles. The fraction of sp³-hybridized carbons (Fsp3) is 0.846. The van der Waals surface area contributed by atoms with Crippen LogP contribution >= 0.6 is 0 Å². The Kier molecular flexibility index (Phi) is 3.21. The van der Waals surface area contributed by atoms with E-state index >= 15 is 0 Å². The number of rotatable bonds is 2. The van der Waals surface area contributed by atoms with Crippen molar-refractivity contribution in [2.75, 3.05) is 33.4 Å². The van der Waals surface area contributed by atoms with Crippen LogP contribution in [-0.4, -0.2) is 56.1 Å². The largest absolute Gasteiger partial charge is 0.347 e. The number of ether oxygens (including phenoxy) is 2. The molecule has 1 aliphatic carbocycles. The van der Waals surface area contributed by atoms with E-state index in [1.165, 1.54) is 0 Å². The van der Waals surface area contributed by atoms with Gasteiger partial charge in [-0.2, -0.15) is 0 Å². The second kappa shape index (κ2) is 4.69. The second-order valence-corrected chi connectivity index (χ2v) is 5.24. The molecule has 2 heterocycles. The highest BCUT2D eigenvalue weighted by molar-refractivity contribution is 5.03. The van der Waals surface area contributed by atoms with E-state index in [0.29, 0.717) is 12.1 Å². The Labute approximate surface area is 103 Å². The molecule has 2 atom stereocenters. The summed E-state index contributed by atoms with van der Waals surface area (Å²) in [4.78, 5) is 2.52. The first-order valence-corrected chi connectivity index (χ1v) is 6.67. The maximum Gasteiger partial charge on any atom is 0.170 e. The zero-order valence-electron chi connectivity index (χ0n) is 10.5. The van der Waals surface area contributed by atoms with Crippen LogP contribution in [0, 0.1) is 0 Å². The lowest BCUT2D eigenvalue weighted by atomic mass is 9.84. The van der Waals surface area contributed by atoms with Crippen molar-refractivity contribution < 1.29 is 9.47 Å². The van der Waals surface area contributed by atoms with Crippen molar-refractivity contribution in [1.82, 2.24) is 10.2 Å². The predicted molar refractivity (Wildman–Crippen MR) is 65.8 cm³/mol. The molecule has 0 aromatic rings. The van der Waals surface area contributed by atoms with Crippen LogP contribution in [-0.2, 0) is 9.47 Å². The molecule has 3 aliphatic rings. The molecule has 1 saturated carbocycles. The minimum absolute atomic E-state index is 0.277. The molecular weight excluding hydrogens is 216 g/mol.